The van der Waals surface area contributed by atoms with Crippen molar-refractivity contribution >= 4 is 81.6 Å². The van der Waals surface area contributed by atoms with Gasteiger partial charge in [0.05, 0.1) is 38.8 Å². The van der Waals surface area contributed by atoms with Crippen LogP contribution in [0.3, 0.4) is 0 Å². The van der Waals surface area contributed by atoms with Crippen LogP contribution in [-0.4, -0.2) is 18.9 Å². The Balaban J connectivity index is 1.24. The quantitative estimate of drug-likeness (QED) is 0.189. The van der Waals surface area contributed by atoms with E-state index in [2.05, 4.69) is 161 Å². The fourth-order valence-corrected chi connectivity index (χ4v) is 8.83. The molecule has 0 fully saturated rings. The topological polar surface area (TPSA) is 35.1 Å². The monoisotopic (exact) mass is 660 g/mol. The summed E-state index contributed by atoms with van der Waals surface area (Å²) in [5.74, 6) is 0.727. The first kappa shape index (κ1) is 27.7. The first-order valence-electron chi connectivity index (χ1n) is 17.8. The highest BCUT2D eigenvalue weighted by Crippen LogP contribution is 2.46. The Bertz CT molecular complexity index is 3390. The summed E-state index contributed by atoms with van der Waals surface area (Å²) in [5, 5.41) is 11.1. The normalized spacial score (nSPS) is 12.2. The Hall–Kier alpha value is -7.04. The second-order valence-corrected chi connectivity index (χ2v) is 13.8. The lowest BCUT2D eigenvalue weighted by Gasteiger charge is -2.13. The summed E-state index contributed by atoms with van der Waals surface area (Å²) in [6.45, 7) is 0. The van der Waals surface area contributed by atoms with Crippen molar-refractivity contribution < 1.29 is 0 Å². The fourth-order valence-electron chi connectivity index (χ4n) is 8.83. The van der Waals surface area contributed by atoms with E-state index in [0.29, 0.717) is 0 Å². The van der Waals surface area contributed by atoms with Crippen molar-refractivity contribution in [2.75, 3.05) is 0 Å². The summed E-state index contributed by atoms with van der Waals surface area (Å²) >= 11 is 0. The maximum Gasteiger partial charge on any atom is 0.160 e. The standard InChI is InChI=1S/C48H28N4/c1-3-13-30(14-4-1)45-38-28-32(23-26-39(38)49-48(50-45)31-15-5-2-6-16-31)51-41-21-11-19-35-34-18-9-10-20-40(34)52-46-33-17-8-7-12-29(33)22-24-36(46)37-25-27-42(51)44(43(35)41)47(37)52/h1-28H. The van der Waals surface area contributed by atoms with Crippen LogP contribution in [0.15, 0.2) is 170 Å². The van der Waals surface area contributed by atoms with E-state index in [-0.39, 0.29) is 0 Å². The van der Waals surface area contributed by atoms with E-state index in [0.717, 1.165) is 39.2 Å². The van der Waals surface area contributed by atoms with Gasteiger partial charge in [0, 0.05) is 54.5 Å². The number of rotatable bonds is 3. The molecular formula is C48H28N4. The summed E-state index contributed by atoms with van der Waals surface area (Å²) < 4.78 is 4.99. The van der Waals surface area contributed by atoms with Gasteiger partial charge in [-0.3, -0.25) is 0 Å². The molecule has 0 N–H and O–H groups in total. The molecule has 0 saturated heterocycles. The smallest absolute Gasteiger partial charge is 0.160 e. The summed E-state index contributed by atoms with van der Waals surface area (Å²) in [6.07, 6.45) is 0. The molecule has 4 heterocycles. The molecule has 240 valence electrons. The molecule has 0 atom stereocenters. The number of fused-ring (bicyclic) bond motifs is 9. The van der Waals surface area contributed by atoms with Gasteiger partial charge >= 0.3 is 0 Å². The molecule has 4 aromatic heterocycles. The maximum absolute atomic E-state index is 5.21. The SMILES string of the molecule is c1ccc(-c2nc(-c3ccccc3)c3cc(-n4c5cccc6c7ccccc7n7c8c9ccccc9ccc8c8ccc4c(c65)c87)ccc3n2)cc1. The maximum atomic E-state index is 5.21. The molecule has 4 heteroatoms. The molecule has 0 bridgehead atoms. The van der Waals surface area contributed by atoms with E-state index >= 15 is 0 Å². The molecule has 0 saturated carbocycles. The lowest BCUT2D eigenvalue weighted by Crippen LogP contribution is -1.98. The van der Waals surface area contributed by atoms with Crippen LogP contribution in [0.5, 0.6) is 0 Å². The largest absolute Gasteiger partial charge is 0.309 e. The van der Waals surface area contributed by atoms with E-state index < -0.39 is 0 Å². The summed E-state index contributed by atoms with van der Waals surface area (Å²) in [7, 11) is 0. The Labute approximate surface area is 297 Å². The predicted molar refractivity (Wildman–Crippen MR) is 217 cm³/mol. The molecular weight excluding hydrogens is 633 g/mol. The van der Waals surface area contributed by atoms with Gasteiger partial charge in [0.2, 0.25) is 0 Å². The third-order valence-electron chi connectivity index (χ3n) is 11.0. The van der Waals surface area contributed by atoms with Gasteiger partial charge in [-0.15, -0.1) is 0 Å². The van der Waals surface area contributed by atoms with E-state index in [9.17, 15) is 0 Å². The van der Waals surface area contributed by atoms with Gasteiger partial charge in [-0.2, -0.15) is 0 Å². The van der Waals surface area contributed by atoms with E-state index in [1.807, 2.05) is 18.2 Å². The minimum absolute atomic E-state index is 0.727. The zero-order valence-electron chi connectivity index (χ0n) is 28.0. The summed E-state index contributed by atoms with van der Waals surface area (Å²) in [6, 6.07) is 61.1. The zero-order chi connectivity index (χ0) is 33.9. The lowest BCUT2D eigenvalue weighted by molar-refractivity contribution is 1.18. The van der Waals surface area contributed by atoms with Gasteiger partial charge < -0.3 is 8.97 Å². The fraction of sp³-hybridized carbons (Fsp3) is 0. The van der Waals surface area contributed by atoms with E-state index in [1.165, 1.54) is 70.7 Å². The van der Waals surface area contributed by atoms with Crippen molar-refractivity contribution in [2.24, 2.45) is 0 Å². The molecule has 0 unspecified atom stereocenters. The van der Waals surface area contributed by atoms with Crippen LogP contribution in [0.2, 0.25) is 0 Å². The average Bonchev–Trinajstić information content (AvgIpc) is 3.70. The molecule has 0 aliphatic rings. The van der Waals surface area contributed by atoms with E-state index in [4.69, 9.17) is 9.97 Å². The van der Waals surface area contributed by atoms with Gasteiger partial charge in [-0.1, -0.05) is 133 Å². The highest BCUT2D eigenvalue weighted by Gasteiger charge is 2.24. The number of para-hydroxylation sites is 1. The predicted octanol–water partition coefficient (Wildman–Crippen LogP) is 12.4. The Morgan fingerprint density at radius 1 is 0.385 bits per heavy atom. The number of nitrogens with zero attached hydrogens (tertiary/aromatic N) is 4. The molecule has 12 aromatic rings. The average molecular weight is 661 g/mol. The molecule has 0 amide bonds. The molecule has 0 aliphatic heterocycles. The number of aromatic nitrogens is 4. The van der Waals surface area contributed by atoms with Gasteiger partial charge in [0.1, 0.15) is 0 Å². The van der Waals surface area contributed by atoms with Crippen molar-refractivity contribution in [2.45, 2.75) is 0 Å². The third-order valence-corrected chi connectivity index (χ3v) is 11.0. The highest BCUT2D eigenvalue weighted by atomic mass is 15.0. The van der Waals surface area contributed by atoms with E-state index in [1.54, 1.807) is 0 Å². The molecule has 8 aromatic carbocycles. The molecule has 4 nitrogen and oxygen atoms in total. The number of hydrogen-bond donors (Lipinski definition) is 0. The highest BCUT2D eigenvalue weighted by molar-refractivity contribution is 6.34. The zero-order valence-corrected chi connectivity index (χ0v) is 28.0. The molecule has 0 radical (unpaired) electrons. The van der Waals surface area contributed by atoms with Crippen molar-refractivity contribution in [3.05, 3.63) is 170 Å². The van der Waals surface area contributed by atoms with Crippen molar-refractivity contribution in [1.29, 1.82) is 0 Å². The molecule has 12 rings (SSSR count). The first-order chi connectivity index (χ1) is 25.8. The van der Waals surface area contributed by atoms with Crippen LogP contribution >= 0.6 is 0 Å². The van der Waals surface area contributed by atoms with Crippen LogP contribution in [0, 0.1) is 0 Å². The Morgan fingerprint density at radius 2 is 1.06 bits per heavy atom. The third kappa shape index (κ3) is 3.65. The first-order valence-corrected chi connectivity index (χ1v) is 17.8. The lowest BCUT2D eigenvalue weighted by atomic mass is 10.0. The second-order valence-electron chi connectivity index (χ2n) is 13.8. The van der Waals surface area contributed by atoms with Crippen molar-refractivity contribution in [3.63, 3.8) is 0 Å². The Kier molecular flexibility index (Phi) is 5.47. The molecule has 0 spiro atoms. The second kappa shape index (κ2) is 10.3. The summed E-state index contributed by atoms with van der Waals surface area (Å²) in [5.41, 5.74) is 11.1. The minimum atomic E-state index is 0.727. The van der Waals surface area contributed by atoms with Gasteiger partial charge in [0.25, 0.3) is 0 Å². The van der Waals surface area contributed by atoms with Crippen molar-refractivity contribution in [1.82, 2.24) is 18.9 Å². The van der Waals surface area contributed by atoms with Crippen LogP contribution < -0.4 is 0 Å². The summed E-state index contributed by atoms with van der Waals surface area (Å²) in [4.78, 5) is 10.3. The van der Waals surface area contributed by atoms with Crippen LogP contribution in [0.1, 0.15) is 0 Å². The van der Waals surface area contributed by atoms with Crippen LogP contribution in [0.4, 0.5) is 0 Å². The Morgan fingerprint density at radius 3 is 1.92 bits per heavy atom. The minimum Gasteiger partial charge on any atom is -0.309 e. The molecule has 0 aliphatic carbocycles. The number of hydrogen-bond acceptors (Lipinski definition) is 2. The molecule has 52 heavy (non-hydrogen) atoms. The van der Waals surface area contributed by atoms with Gasteiger partial charge in [0.15, 0.2) is 5.82 Å². The van der Waals surface area contributed by atoms with Crippen molar-refractivity contribution in [3.8, 4) is 28.3 Å². The number of benzene rings is 8. The van der Waals surface area contributed by atoms with Gasteiger partial charge in [-0.05, 0) is 47.2 Å². The van der Waals surface area contributed by atoms with Crippen LogP contribution in [0.25, 0.3) is 110 Å². The van der Waals surface area contributed by atoms with Gasteiger partial charge in [-0.25, -0.2) is 9.97 Å². The van der Waals surface area contributed by atoms with Crippen LogP contribution in [-0.2, 0) is 0 Å².